The Balaban J connectivity index is 0.00000408. The van der Waals surface area contributed by atoms with Gasteiger partial charge >= 0.3 is 5.97 Å². The summed E-state index contributed by atoms with van der Waals surface area (Å²) in [6.45, 7) is 0. The topological polar surface area (TPSA) is 153 Å². The molecule has 1 aromatic heterocycles. The van der Waals surface area contributed by atoms with Crippen LogP contribution >= 0.6 is 0 Å². The Morgan fingerprint density at radius 1 is 1.03 bits per heavy atom. The highest BCUT2D eigenvalue weighted by atomic mass is 19.1. The molecule has 0 amide bonds. The first-order valence-electron chi connectivity index (χ1n) is 9.99. The molecule has 3 rings (SSSR count). The van der Waals surface area contributed by atoms with Gasteiger partial charge in [0.05, 0.1) is 18.6 Å². The van der Waals surface area contributed by atoms with Crippen molar-refractivity contribution in [3.8, 4) is 0 Å². The van der Waals surface area contributed by atoms with Crippen LogP contribution < -0.4 is 0 Å². The minimum atomic E-state index is -1.24. The quantitative estimate of drug-likeness (QED) is 0.400. The largest absolute Gasteiger partial charge is 0.481 e. The molecule has 5 N–H and O–H groups in total. The number of tetrazole rings is 1. The average Bonchev–Trinajstić information content (AvgIpc) is 3.18. The molecule has 2 atom stereocenters. The summed E-state index contributed by atoms with van der Waals surface area (Å²) >= 11 is 0. The second-order valence-electron chi connectivity index (χ2n) is 7.34. The van der Waals surface area contributed by atoms with Crippen LogP contribution in [0.1, 0.15) is 29.8 Å². The van der Waals surface area contributed by atoms with Crippen LogP contribution in [-0.4, -0.2) is 59.2 Å². The minimum absolute atomic E-state index is 0. The predicted octanol–water partition coefficient (Wildman–Crippen LogP) is 1.77. The number of aromatic nitrogens is 4. The fraction of sp³-hybridized carbons (Fsp3) is 0.217. The van der Waals surface area contributed by atoms with E-state index < -0.39 is 36.2 Å². The zero-order valence-corrected chi connectivity index (χ0v) is 18.1. The van der Waals surface area contributed by atoms with Crippen LogP contribution in [0.2, 0.25) is 0 Å². The number of rotatable bonds is 9. The molecule has 0 aliphatic carbocycles. The number of benzene rings is 2. The fourth-order valence-corrected chi connectivity index (χ4v) is 3.29. The van der Waals surface area contributed by atoms with Crippen LogP contribution in [0, 0.1) is 11.6 Å². The summed E-state index contributed by atoms with van der Waals surface area (Å²) in [4.78, 5) is 10.8. The Kier molecular flexibility index (Phi) is 9.25. The fourth-order valence-electron chi connectivity index (χ4n) is 3.29. The molecule has 1 heterocycles. The molecular weight excluding hydrogens is 450 g/mol. The molecule has 0 radical (unpaired) electrons. The maximum Gasteiger partial charge on any atom is 0.305 e. The van der Waals surface area contributed by atoms with Crippen molar-refractivity contribution in [2.24, 2.45) is 7.05 Å². The minimum Gasteiger partial charge on any atom is -0.481 e. The maximum atomic E-state index is 13.6. The molecule has 0 saturated carbocycles. The van der Waals surface area contributed by atoms with Crippen LogP contribution in [0.15, 0.2) is 60.7 Å². The third-order valence-corrected chi connectivity index (χ3v) is 4.81. The van der Waals surface area contributed by atoms with Gasteiger partial charge in [-0.25, -0.2) is 13.5 Å². The van der Waals surface area contributed by atoms with Gasteiger partial charge in [0.15, 0.2) is 5.82 Å². The number of aryl methyl sites for hydroxylation is 1. The van der Waals surface area contributed by atoms with Gasteiger partial charge in [-0.3, -0.25) is 4.79 Å². The molecule has 11 heteroatoms. The molecule has 0 aliphatic rings. The molecule has 0 saturated heterocycles. The van der Waals surface area contributed by atoms with E-state index in [0.717, 1.165) is 0 Å². The second kappa shape index (κ2) is 11.9. The lowest BCUT2D eigenvalue weighted by Crippen LogP contribution is -2.19. The highest BCUT2D eigenvalue weighted by molar-refractivity contribution is 6.00. The number of hydrogen-bond acceptors (Lipinski definition) is 6. The van der Waals surface area contributed by atoms with Crippen molar-refractivity contribution in [1.82, 2.24) is 20.2 Å². The van der Waals surface area contributed by atoms with Gasteiger partial charge in [0, 0.05) is 19.0 Å². The van der Waals surface area contributed by atoms with Gasteiger partial charge in [-0.2, -0.15) is 0 Å². The monoisotopic (exact) mass is 474 g/mol. The lowest BCUT2D eigenvalue weighted by molar-refractivity contribution is -0.139. The highest BCUT2D eigenvalue weighted by Gasteiger charge is 2.18. The van der Waals surface area contributed by atoms with E-state index in [1.165, 1.54) is 41.1 Å². The molecule has 0 spiro atoms. The Hall–Kier alpha value is -3.80. The molecule has 34 heavy (non-hydrogen) atoms. The molecule has 3 aromatic rings. The SMILES string of the molecule is Cn1nnnc1C(/C=C/C(O)CC(O)CC(=O)O)=C(c1ccc(F)cc1)c1ccc(F)cc1.O. The average molecular weight is 474 g/mol. The number of aliphatic hydroxyl groups is 2. The Bertz CT molecular complexity index is 1110. The van der Waals surface area contributed by atoms with Crippen molar-refractivity contribution >= 4 is 17.1 Å². The van der Waals surface area contributed by atoms with E-state index in [4.69, 9.17) is 5.11 Å². The third-order valence-electron chi connectivity index (χ3n) is 4.81. The number of allylic oxidation sites excluding steroid dienone is 2. The van der Waals surface area contributed by atoms with Gasteiger partial charge in [-0.1, -0.05) is 36.4 Å². The smallest absolute Gasteiger partial charge is 0.305 e. The van der Waals surface area contributed by atoms with Crippen molar-refractivity contribution < 1.29 is 34.4 Å². The van der Waals surface area contributed by atoms with Crippen LogP contribution in [0.3, 0.4) is 0 Å². The second-order valence-corrected chi connectivity index (χ2v) is 7.34. The van der Waals surface area contributed by atoms with E-state index in [2.05, 4.69) is 15.5 Å². The zero-order chi connectivity index (χ0) is 24.0. The van der Waals surface area contributed by atoms with Crippen LogP contribution in [0.5, 0.6) is 0 Å². The van der Waals surface area contributed by atoms with Crippen LogP contribution in [-0.2, 0) is 11.8 Å². The van der Waals surface area contributed by atoms with Gasteiger partial charge in [-0.15, -0.1) is 5.10 Å². The van der Waals surface area contributed by atoms with Crippen molar-refractivity contribution in [1.29, 1.82) is 0 Å². The molecule has 9 nitrogen and oxygen atoms in total. The van der Waals surface area contributed by atoms with E-state index in [0.29, 0.717) is 28.1 Å². The van der Waals surface area contributed by atoms with E-state index in [1.807, 2.05) is 0 Å². The summed E-state index contributed by atoms with van der Waals surface area (Å²) in [5.41, 5.74) is 2.16. The standard InChI is InChI=1S/C23H22F2N4O4.H2O/c1-29-23(26-27-28-29)20(11-10-18(30)12-19(31)13-21(32)33)22(14-2-6-16(24)7-3-14)15-4-8-17(25)9-5-15;/h2-11,18-19,30-31H,12-13H2,1H3,(H,32,33);1H2/b11-10+;. The zero-order valence-electron chi connectivity index (χ0n) is 18.1. The molecule has 0 fully saturated rings. The predicted molar refractivity (Wildman–Crippen MR) is 119 cm³/mol. The highest BCUT2D eigenvalue weighted by Crippen LogP contribution is 2.32. The van der Waals surface area contributed by atoms with Crippen LogP contribution in [0.4, 0.5) is 8.78 Å². The number of nitrogens with zero attached hydrogens (tertiary/aromatic N) is 4. The molecule has 0 bridgehead atoms. The first-order valence-corrected chi connectivity index (χ1v) is 9.99. The van der Waals surface area contributed by atoms with Gasteiger partial charge in [0.2, 0.25) is 0 Å². The lowest BCUT2D eigenvalue weighted by Gasteiger charge is -2.15. The number of carbonyl (C=O) groups is 1. The Morgan fingerprint density at radius 2 is 1.56 bits per heavy atom. The van der Waals surface area contributed by atoms with E-state index in [9.17, 15) is 23.8 Å². The van der Waals surface area contributed by atoms with Crippen LogP contribution in [0.25, 0.3) is 11.1 Å². The van der Waals surface area contributed by atoms with Gasteiger partial charge in [0.25, 0.3) is 0 Å². The summed E-state index contributed by atoms with van der Waals surface area (Å²) < 4.78 is 28.6. The van der Waals surface area contributed by atoms with Crippen molar-refractivity contribution in [2.75, 3.05) is 0 Å². The number of carboxylic acids is 1. The number of carboxylic acid groups (broad SMARTS) is 1. The number of hydrogen-bond donors (Lipinski definition) is 3. The van der Waals surface area contributed by atoms with E-state index in [1.54, 1.807) is 31.3 Å². The summed E-state index contributed by atoms with van der Waals surface area (Å²) in [7, 11) is 1.61. The normalized spacial score (nSPS) is 12.7. The van der Waals surface area contributed by atoms with Gasteiger partial charge in [0.1, 0.15) is 11.6 Å². The van der Waals surface area contributed by atoms with Crippen molar-refractivity contribution in [3.63, 3.8) is 0 Å². The Morgan fingerprint density at radius 3 is 2.00 bits per heavy atom. The number of halogens is 2. The molecule has 2 unspecified atom stereocenters. The summed E-state index contributed by atoms with van der Waals surface area (Å²) in [6, 6.07) is 11.4. The van der Waals surface area contributed by atoms with E-state index >= 15 is 0 Å². The molecule has 2 aromatic carbocycles. The molecular formula is C23H24F2N4O5. The number of aliphatic hydroxyl groups excluding tert-OH is 2. The first-order chi connectivity index (χ1) is 15.7. The number of aliphatic carboxylic acids is 1. The van der Waals surface area contributed by atoms with Gasteiger partial charge in [-0.05, 0) is 51.4 Å². The van der Waals surface area contributed by atoms with Crippen molar-refractivity contribution in [2.45, 2.75) is 25.0 Å². The first kappa shape index (κ1) is 26.5. The summed E-state index contributed by atoms with van der Waals surface area (Å²) in [5, 5.41) is 40.5. The van der Waals surface area contributed by atoms with Crippen molar-refractivity contribution in [3.05, 3.63) is 89.3 Å². The summed E-state index contributed by atoms with van der Waals surface area (Å²) in [5.74, 6) is -1.73. The molecule has 0 aliphatic heterocycles. The lowest BCUT2D eigenvalue weighted by atomic mass is 9.91. The summed E-state index contributed by atoms with van der Waals surface area (Å²) in [6.07, 6.45) is -0.196. The molecule has 180 valence electrons. The van der Waals surface area contributed by atoms with E-state index in [-0.39, 0.29) is 11.9 Å². The Labute approximate surface area is 193 Å². The van der Waals surface area contributed by atoms with Gasteiger partial charge < -0.3 is 20.8 Å². The maximum absolute atomic E-state index is 13.6. The third kappa shape index (κ3) is 6.85.